The number of aliphatic hydroxyl groups excluding tert-OH is 1. The average Bonchev–Trinajstić information content (AvgIpc) is 2.98. The van der Waals surface area contributed by atoms with Crippen LogP contribution in [-0.2, 0) is 17.9 Å². The number of carbonyl (C=O) groups is 1. The molecule has 3 aromatic rings. The van der Waals surface area contributed by atoms with Gasteiger partial charge in [-0.15, -0.1) is 0 Å². The Labute approximate surface area is 128 Å². The van der Waals surface area contributed by atoms with Crippen LogP contribution in [0.5, 0.6) is 0 Å². The monoisotopic (exact) mass is 295 g/mol. The van der Waals surface area contributed by atoms with Gasteiger partial charge in [0.25, 0.3) is 0 Å². The molecule has 0 aliphatic carbocycles. The molecule has 0 unspecified atom stereocenters. The van der Waals surface area contributed by atoms with Crippen molar-refractivity contribution >= 4 is 16.9 Å². The smallest absolute Gasteiger partial charge is 0.338 e. The summed E-state index contributed by atoms with van der Waals surface area (Å²) < 4.78 is 6.90. The molecule has 1 aromatic heterocycles. The molecule has 0 saturated heterocycles. The van der Waals surface area contributed by atoms with Gasteiger partial charge in [0.05, 0.1) is 19.3 Å². The van der Waals surface area contributed by atoms with Crippen LogP contribution in [0, 0.1) is 0 Å². The fourth-order valence-corrected chi connectivity index (χ4v) is 2.71. The molecule has 4 heteroatoms. The summed E-state index contributed by atoms with van der Waals surface area (Å²) >= 11 is 0. The second kappa shape index (κ2) is 6.03. The zero-order valence-electron chi connectivity index (χ0n) is 12.3. The van der Waals surface area contributed by atoms with E-state index in [-0.39, 0.29) is 12.6 Å². The Hall–Kier alpha value is -2.59. The standard InChI is InChI=1S/C18H17NO3/c1-22-18(21)16-7-3-2-5-13(16)11-19-10-9-15-14(12-20)6-4-8-17(15)19/h2-10,20H,11-12H2,1H3. The maximum absolute atomic E-state index is 11.9. The van der Waals surface area contributed by atoms with Gasteiger partial charge in [0, 0.05) is 23.6 Å². The molecule has 0 saturated carbocycles. The molecule has 0 aliphatic rings. The Bertz CT molecular complexity index is 820. The van der Waals surface area contributed by atoms with Crippen molar-refractivity contribution in [1.82, 2.24) is 4.57 Å². The number of aliphatic hydroxyl groups is 1. The lowest BCUT2D eigenvalue weighted by Crippen LogP contribution is -2.08. The van der Waals surface area contributed by atoms with Gasteiger partial charge in [0.2, 0.25) is 0 Å². The summed E-state index contributed by atoms with van der Waals surface area (Å²) in [6, 6.07) is 15.3. The van der Waals surface area contributed by atoms with Gasteiger partial charge < -0.3 is 14.4 Å². The van der Waals surface area contributed by atoms with Gasteiger partial charge in [0.1, 0.15) is 0 Å². The van der Waals surface area contributed by atoms with E-state index in [1.54, 1.807) is 6.07 Å². The fraction of sp³-hybridized carbons (Fsp3) is 0.167. The SMILES string of the molecule is COC(=O)c1ccccc1Cn1ccc2c(CO)cccc21. The van der Waals surface area contributed by atoms with Gasteiger partial charge in [-0.1, -0.05) is 30.3 Å². The molecule has 0 atom stereocenters. The molecule has 3 rings (SSSR count). The van der Waals surface area contributed by atoms with E-state index in [9.17, 15) is 9.90 Å². The van der Waals surface area contributed by atoms with Gasteiger partial charge in [-0.3, -0.25) is 0 Å². The number of ether oxygens (including phenoxy) is 1. The summed E-state index contributed by atoms with van der Waals surface area (Å²) in [6.07, 6.45) is 1.97. The van der Waals surface area contributed by atoms with Crippen molar-refractivity contribution in [2.75, 3.05) is 7.11 Å². The van der Waals surface area contributed by atoms with E-state index in [4.69, 9.17) is 4.74 Å². The van der Waals surface area contributed by atoms with Gasteiger partial charge >= 0.3 is 5.97 Å². The van der Waals surface area contributed by atoms with Crippen LogP contribution >= 0.6 is 0 Å². The number of methoxy groups -OCH3 is 1. The maximum atomic E-state index is 11.9. The van der Waals surface area contributed by atoms with Crippen molar-refractivity contribution < 1.29 is 14.6 Å². The lowest BCUT2D eigenvalue weighted by molar-refractivity contribution is 0.0599. The predicted molar refractivity (Wildman–Crippen MR) is 84.7 cm³/mol. The molecule has 0 spiro atoms. The summed E-state index contributed by atoms with van der Waals surface area (Å²) in [5.74, 6) is -0.330. The van der Waals surface area contributed by atoms with E-state index >= 15 is 0 Å². The highest BCUT2D eigenvalue weighted by Gasteiger charge is 2.12. The maximum Gasteiger partial charge on any atom is 0.338 e. The summed E-state index contributed by atoms with van der Waals surface area (Å²) in [4.78, 5) is 11.9. The van der Waals surface area contributed by atoms with Crippen LogP contribution in [0.15, 0.2) is 54.7 Å². The first-order chi connectivity index (χ1) is 10.7. The van der Waals surface area contributed by atoms with E-state index in [1.165, 1.54) is 7.11 Å². The first-order valence-electron chi connectivity index (χ1n) is 7.08. The van der Waals surface area contributed by atoms with Crippen molar-refractivity contribution in [1.29, 1.82) is 0 Å². The topological polar surface area (TPSA) is 51.5 Å². The molecule has 2 aromatic carbocycles. The minimum atomic E-state index is -0.330. The normalized spacial score (nSPS) is 10.8. The number of nitrogens with zero attached hydrogens (tertiary/aromatic N) is 1. The number of hydrogen-bond donors (Lipinski definition) is 1. The van der Waals surface area contributed by atoms with E-state index < -0.39 is 0 Å². The summed E-state index contributed by atoms with van der Waals surface area (Å²) in [7, 11) is 1.39. The lowest BCUT2D eigenvalue weighted by atomic mass is 10.1. The van der Waals surface area contributed by atoms with Crippen LogP contribution in [0.2, 0.25) is 0 Å². The summed E-state index contributed by atoms with van der Waals surface area (Å²) in [5.41, 5.74) is 3.41. The van der Waals surface area contributed by atoms with Gasteiger partial charge in [-0.2, -0.15) is 0 Å². The molecule has 4 nitrogen and oxygen atoms in total. The molecule has 1 N–H and O–H groups in total. The van der Waals surface area contributed by atoms with Crippen molar-refractivity contribution in [2.24, 2.45) is 0 Å². The third-order valence-electron chi connectivity index (χ3n) is 3.84. The Morgan fingerprint density at radius 1 is 1.09 bits per heavy atom. The van der Waals surface area contributed by atoms with Crippen molar-refractivity contribution in [3.63, 3.8) is 0 Å². The lowest BCUT2D eigenvalue weighted by Gasteiger charge is -2.10. The predicted octanol–water partition coefficient (Wildman–Crippen LogP) is 2.97. The number of fused-ring (bicyclic) bond motifs is 1. The van der Waals surface area contributed by atoms with Gasteiger partial charge in [-0.05, 0) is 29.3 Å². The fourth-order valence-electron chi connectivity index (χ4n) is 2.71. The van der Waals surface area contributed by atoms with Crippen molar-refractivity contribution in [3.05, 3.63) is 71.4 Å². The van der Waals surface area contributed by atoms with E-state index in [1.807, 2.05) is 48.7 Å². The van der Waals surface area contributed by atoms with Gasteiger partial charge in [0.15, 0.2) is 0 Å². The van der Waals surface area contributed by atoms with Crippen LogP contribution in [0.25, 0.3) is 10.9 Å². The number of aromatic nitrogens is 1. The molecular weight excluding hydrogens is 278 g/mol. The number of carbonyl (C=O) groups excluding carboxylic acids is 1. The molecule has 0 fully saturated rings. The van der Waals surface area contributed by atoms with Crippen LogP contribution in [0.3, 0.4) is 0 Å². The Morgan fingerprint density at radius 2 is 1.86 bits per heavy atom. The van der Waals surface area contributed by atoms with Gasteiger partial charge in [-0.25, -0.2) is 4.79 Å². The Balaban J connectivity index is 2.03. The van der Waals surface area contributed by atoms with Crippen molar-refractivity contribution in [3.8, 4) is 0 Å². The van der Waals surface area contributed by atoms with E-state index in [0.29, 0.717) is 12.1 Å². The molecule has 112 valence electrons. The molecule has 0 bridgehead atoms. The Morgan fingerprint density at radius 3 is 2.64 bits per heavy atom. The minimum Gasteiger partial charge on any atom is -0.465 e. The Kier molecular flexibility index (Phi) is 3.94. The third kappa shape index (κ3) is 2.49. The highest BCUT2D eigenvalue weighted by atomic mass is 16.5. The molecular formula is C18H17NO3. The number of esters is 1. The average molecular weight is 295 g/mol. The number of rotatable bonds is 4. The summed E-state index contributed by atoms with van der Waals surface area (Å²) in [6.45, 7) is 0.587. The second-order valence-corrected chi connectivity index (χ2v) is 5.10. The van der Waals surface area contributed by atoms with Crippen LogP contribution in [-0.4, -0.2) is 22.8 Å². The minimum absolute atomic E-state index is 0.0140. The van der Waals surface area contributed by atoms with E-state index in [2.05, 4.69) is 4.57 Å². The molecule has 22 heavy (non-hydrogen) atoms. The molecule has 0 amide bonds. The number of hydrogen-bond acceptors (Lipinski definition) is 3. The van der Waals surface area contributed by atoms with Crippen LogP contribution < -0.4 is 0 Å². The van der Waals surface area contributed by atoms with Crippen LogP contribution in [0.4, 0.5) is 0 Å². The van der Waals surface area contributed by atoms with Crippen LogP contribution in [0.1, 0.15) is 21.5 Å². The number of benzene rings is 2. The zero-order valence-corrected chi connectivity index (χ0v) is 12.3. The first-order valence-corrected chi connectivity index (χ1v) is 7.08. The quantitative estimate of drug-likeness (QED) is 0.753. The molecule has 1 heterocycles. The first kappa shape index (κ1) is 14.4. The third-order valence-corrected chi connectivity index (χ3v) is 3.84. The summed E-state index contributed by atoms with van der Waals surface area (Å²) in [5, 5.41) is 10.4. The largest absolute Gasteiger partial charge is 0.465 e. The highest BCUT2D eigenvalue weighted by Crippen LogP contribution is 2.22. The van der Waals surface area contributed by atoms with Crippen molar-refractivity contribution in [2.45, 2.75) is 13.2 Å². The zero-order chi connectivity index (χ0) is 15.5. The second-order valence-electron chi connectivity index (χ2n) is 5.10. The molecule has 0 radical (unpaired) electrons. The highest BCUT2D eigenvalue weighted by molar-refractivity contribution is 5.91. The van der Waals surface area contributed by atoms with E-state index in [0.717, 1.165) is 22.0 Å². The molecule has 0 aliphatic heterocycles.